The molecule has 0 bridgehead atoms. The van der Waals surface area contributed by atoms with Crippen molar-refractivity contribution in [2.75, 3.05) is 12.4 Å². The lowest BCUT2D eigenvalue weighted by atomic mass is 9.88. The van der Waals surface area contributed by atoms with Gasteiger partial charge in [-0.05, 0) is 47.1 Å². The highest BCUT2D eigenvalue weighted by atomic mass is 32.2. The molecule has 0 saturated carbocycles. The van der Waals surface area contributed by atoms with Crippen LogP contribution < -0.4 is 0 Å². The summed E-state index contributed by atoms with van der Waals surface area (Å²) in [5, 5.41) is 40.0. The van der Waals surface area contributed by atoms with Gasteiger partial charge in [0.15, 0.2) is 0 Å². The van der Waals surface area contributed by atoms with Crippen molar-refractivity contribution >= 4 is 11.8 Å². The Balaban J connectivity index is 1.57. The van der Waals surface area contributed by atoms with Gasteiger partial charge >= 0.3 is 0 Å². The van der Waals surface area contributed by atoms with Crippen molar-refractivity contribution in [2.24, 2.45) is 0 Å². The van der Waals surface area contributed by atoms with E-state index in [4.69, 9.17) is 4.74 Å². The van der Waals surface area contributed by atoms with Crippen LogP contribution in [0.4, 0.5) is 0 Å². The number of rotatable bonds is 4. The highest BCUT2D eigenvalue weighted by molar-refractivity contribution is 7.99. The second-order valence-electron chi connectivity index (χ2n) is 7.92. The van der Waals surface area contributed by atoms with Crippen molar-refractivity contribution in [3.63, 3.8) is 0 Å². The number of aryl methyl sites for hydroxylation is 1. The van der Waals surface area contributed by atoms with Crippen LogP contribution in [0.5, 0.6) is 0 Å². The predicted molar refractivity (Wildman–Crippen MR) is 112 cm³/mol. The summed E-state index contributed by atoms with van der Waals surface area (Å²) in [6, 6.07) is 14.8. The summed E-state index contributed by atoms with van der Waals surface area (Å²) < 4.78 is 5.73. The number of hydrogen-bond acceptors (Lipinski definition) is 6. The van der Waals surface area contributed by atoms with Gasteiger partial charge in [-0.3, -0.25) is 0 Å². The monoisotopic (exact) mass is 416 g/mol. The molecule has 2 aromatic rings. The molecule has 6 unspecified atom stereocenters. The number of hydrogen-bond donors (Lipinski definition) is 4. The van der Waals surface area contributed by atoms with Crippen molar-refractivity contribution in [2.45, 2.75) is 61.1 Å². The molecule has 2 heterocycles. The molecule has 29 heavy (non-hydrogen) atoms. The quantitative estimate of drug-likeness (QED) is 0.611. The summed E-state index contributed by atoms with van der Waals surface area (Å²) in [5.74, 6) is 1.45. The van der Waals surface area contributed by atoms with Gasteiger partial charge in [0.25, 0.3) is 0 Å². The lowest BCUT2D eigenvalue weighted by molar-refractivity contribution is -0.231. The molecule has 1 fully saturated rings. The molecule has 2 aliphatic heterocycles. The first-order chi connectivity index (χ1) is 14.0. The molecular weight excluding hydrogens is 388 g/mol. The molecule has 6 heteroatoms. The van der Waals surface area contributed by atoms with E-state index < -0.39 is 37.1 Å². The Morgan fingerprint density at radius 2 is 1.69 bits per heavy atom. The van der Waals surface area contributed by atoms with E-state index in [1.165, 1.54) is 21.6 Å². The topological polar surface area (TPSA) is 90.2 Å². The van der Waals surface area contributed by atoms with Gasteiger partial charge in [-0.2, -0.15) is 0 Å². The number of ether oxygens (including phenoxy) is 1. The summed E-state index contributed by atoms with van der Waals surface area (Å²) in [5.41, 5.74) is 4.62. The van der Waals surface area contributed by atoms with Gasteiger partial charge in [0.1, 0.15) is 30.5 Å². The molecule has 1 saturated heterocycles. The Morgan fingerprint density at radius 3 is 2.38 bits per heavy atom. The average molecular weight is 417 g/mol. The Kier molecular flexibility index (Phi) is 6.30. The summed E-state index contributed by atoms with van der Waals surface area (Å²) in [6.07, 6.45) is -3.70. The van der Waals surface area contributed by atoms with Crippen LogP contribution in [0.2, 0.25) is 0 Å². The molecule has 2 aliphatic rings. The predicted octanol–water partition coefficient (Wildman–Crippen LogP) is 2.20. The molecule has 0 radical (unpaired) electrons. The zero-order valence-electron chi connectivity index (χ0n) is 16.4. The Labute approximate surface area is 175 Å². The van der Waals surface area contributed by atoms with Gasteiger partial charge in [-0.15, -0.1) is 11.8 Å². The van der Waals surface area contributed by atoms with Crippen LogP contribution in [0.25, 0.3) is 0 Å². The summed E-state index contributed by atoms with van der Waals surface area (Å²) in [7, 11) is 0. The highest BCUT2D eigenvalue weighted by Gasteiger charge is 2.44. The van der Waals surface area contributed by atoms with Crippen molar-refractivity contribution in [3.8, 4) is 0 Å². The van der Waals surface area contributed by atoms with E-state index in [2.05, 4.69) is 31.2 Å². The highest BCUT2D eigenvalue weighted by Crippen LogP contribution is 2.40. The number of thioether (sulfide) groups is 1. The zero-order valence-corrected chi connectivity index (χ0v) is 17.3. The van der Waals surface area contributed by atoms with Gasteiger partial charge in [-0.25, -0.2) is 0 Å². The van der Waals surface area contributed by atoms with Crippen molar-refractivity contribution in [1.82, 2.24) is 0 Å². The second kappa shape index (κ2) is 8.76. The van der Waals surface area contributed by atoms with Crippen molar-refractivity contribution in [1.29, 1.82) is 0 Å². The maximum atomic E-state index is 10.4. The van der Waals surface area contributed by atoms with Gasteiger partial charge < -0.3 is 25.2 Å². The zero-order chi connectivity index (χ0) is 20.5. The van der Waals surface area contributed by atoms with E-state index in [1.54, 1.807) is 0 Å². The van der Waals surface area contributed by atoms with Crippen LogP contribution in [0.15, 0.2) is 47.4 Å². The summed E-state index contributed by atoms with van der Waals surface area (Å²) >= 11 is 1.83. The van der Waals surface area contributed by atoms with E-state index in [1.807, 2.05) is 30.0 Å². The van der Waals surface area contributed by atoms with Crippen LogP contribution in [0.3, 0.4) is 0 Å². The van der Waals surface area contributed by atoms with Gasteiger partial charge in [0.2, 0.25) is 0 Å². The molecule has 0 amide bonds. The maximum Gasteiger partial charge on any atom is 0.113 e. The third-order valence-electron chi connectivity index (χ3n) is 6.07. The summed E-state index contributed by atoms with van der Waals surface area (Å²) in [6.45, 7) is 1.74. The first-order valence-electron chi connectivity index (χ1n) is 10.2. The minimum Gasteiger partial charge on any atom is -0.394 e. The lowest BCUT2D eigenvalue weighted by Gasteiger charge is -2.40. The number of aliphatic hydroxyl groups is 4. The van der Waals surface area contributed by atoms with Crippen LogP contribution in [-0.4, -0.2) is 57.2 Å². The second-order valence-corrected chi connectivity index (χ2v) is 8.99. The largest absolute Gasteiger partial charge is 0.394 e. The van der Waals surface area contributed by atoms with E-state index in [9.17, 15) is 20.4 Å². The van der Waals surface area contributed by atoms with E-state index in [0.717, 1.165) is 24.2 Å². The van der Waals surface area contributed by atoms with Crippen LogP contribution in [0, 0.1) is 0 Å². The molecule has 0 aromatic heterocycles. The molecule has 2 aromatic carbocycles. The molecule has 4 N–H and O–H groups in total. The molecule has 5 nitrogen and oxygen atoms in total. The van der Waals surface area contributed by atoms with Crippen LogP contribution >= 0.6 is 11.8 Å². The van der Waals surface area contributed by atoms with E-state index >= 15 is 0 Å². The van der Waals surface area contributed by atoms with E-state index in [0.29, 0.717) is 5.92 Å². The SMILES string of the molecule is CCc1ccc(C2CSc3ccc(C4OC(CO)C(O)C(O)C4O)cc3C2)cc1. The maximum absolute atomic E-state index is 10.4. The number of fused-ring (bicyclic) bond motifs is 1. The number of aliphatic hydroxyl groups excluding tert-OH is 4. The smallest absolute Gasteiger partial charge is 0.113 e. The molecule has 6 atom stereocenters. The average Bonchev–Trinajstić information content (AvgIpc) is 2.77. The Morgan fingerprint density at radius 1 is 0.966 bits per heavy atom. The van der Waals surface area contributed by atoms with Gasteiger partial charge in [-0.1, -0.05) is 43.3 Å². The fraction of sp³-hybridized carbons (Fsp3) is 0.478. The fourth-order valence-electron chi connectivity index (χ4n) is 4.21. The Hall–Kier alpha value is -1.41. The first kappa shape index (κ1) is 20.8. The standard InChI is InChI=1S/C23H28O5S/c1-2-13-3-5-14(6-4-13)17-10-16-9-15(7-8-19(16)29-12-17)23-22(27)21(26)20(25)18(11-24)28-23/h3-9,17-18,20-27H,2,10-12H2,1H3. The summed E-state index contributed by atoms with van der Waals surface area (Å²) in [4.78, 5) is 1.22. The van der Waals surface area contributed by atoms with Crippen LogP contribution in [-0.2, 0) is 17.6 Å². The van der Waals surface area contributed by atoms with Gasteiger partial charge in [0.05, 0.1) is 6.61 Å². The van der Waals surface area contributed by atoms with Gasteiger partial charge in [0, 0.05) is 10.6 Å². The normalized spacial score (nSPS) is 32.0. The van der Waals surface area contributed by atoms with Crippen molar-refractivity contribution < 1.29 is 25.2 Å². The minimum atomic E-state index is -1.36. The Bertz CT molecular complexity index is 838. The molecule has 156 valence electrons. The van der Waals surface area contributed by atoms with Crippen molar-refractivity contribution in [3.05, 3.63) is 64.7 Å². The molecular formula is C23H28O5S. The lowest BCUT2D eigenvalue weighted by Crippen LogP contribution is -2.55. The minimum absolute atomic E-state index is 0.419. The third kappa shape index (κ3) is 4.10. The molecule has 0 aliphatic carbocycles. The first-order valence-corrected chi connectivity index (χ1v) is 11.1. The molecule has 0 spiro atoms. The molecule has 4 rings (SSSR count). The third-order valence-corrected chi connectivity index (χ3v) is 7.35. The van der Waals surface area contributed by atoms with Crippen LogP contribution in [0.1, 0.15) is 41.2 Å². The van der Waals surface area contributed by atoms with E-state index in [-0.39, 0.29) is 0 Å². The fourth-order valence-corrected chi connectivity index (χ4v) is 5.39. The number of benzene rings is 2.